The number of nitrogens with one attached hydrogen (secondary N) is 1. The maximum atomic E-state index is 14.2. The average Bonchev–Trinajstić information content (AvgIpc) is 2.40. The summed E-state index contributed by atoms with van der Waals surface area (Å²) < 4.78 is 14.2. The van der Waals surface area contributed by atoms with Gasteiger partial charge in [-0.1, -0.05) is 50.8 Å². The van der Waals surface area contributed by atoms with E-state index in [0.29, 0.717) is 0 Å². The van der Waals surface area contributed by atoms with Crippen LogP contribution in [0.1, 0.15) is 63.1 Å². The molecule has 0 heterocycles. The van der Waals surface area contributed by atoms with Crippen LogP contribution in [0.3, 0.4) is 0 Å². The number of aryl methyl sites for hydroxylation is 1. The molecule has 0 spiro atoms. The van der Waals surface area contributed by atoms with E-state index in [1.165, 1.54) is 32.1 Å². The first-order valence-electron chi connectivity index (χ1n) is 7.56. The van der Waals surface area contributed by atoms with Gasteiger partial charge in [0, 0.05) is 11.6 Å². The SMILES string of the molecule is CCNC(c1cc(C)ccc1F)C1(C)CCCCC1. The molecule has 0 bridgehead atoms. The van der Waals surface area contributed by atoms with Crippen molar-refractivity contribution in [2.75, 3.05) is 6.54 Å². The number of rotatable bonds is 4. The lowest BCUT2D eigenvalue weighted by Gasteiger charge is -2.41. The molecule has 0 radical (unpaired) electrons. The summed E-state index contributed by atoms with van der Waals surface area (Å²) in [5, 5.41) is 3.54. The molecule has 1 unspecified atom stereocenters. The van der Waals surface area contributed by atoms with Crippen molar-refractivity contribution in [1.82, 2.24) is 5.32 Å². The van der Waals surface area contributed by atoms with Crippen LogP contribution in [-0.2, 0) is 0 Å². The van der Waals surface area contributed by atoms with Gasteiger partial charge < -0.3 is 5.32 Å². The van der Waals surface area contributed by atoms with Crippen LogP contribution in [0.2, 0.25) is 0 Å². The number of benzene rings is 1. The fraction of sp³-hybridized carbons (Fsp3) is 0.647. The van der Waals surface area contributed by atoms with Gasteiger partial charge >= 0.3 is 0 Å². The van der Waals surface area contributed by atoms with Gasteiger partial charge in [-0.2, -0.15) is 0 Å². The Balaban J connectivity index is 2.35. The third kappa shape index (κ3) is 3.17. The highest BCUT2D eigenvalue weighted by Gasteiger charge is 2.37. The van der Waals surface area contributed by atoms with Gasteiger partial charge in [0.25, 0.3) is 0 Å². The van der Waals surface area contributed by atoms with Gasteiger partial charge in [0.05, 0.1) is 0 Å². The Morgan fingerprint density at radius 1 is 1.26 bits per heavy atom. The Bertz CT molecular complexity index is 421. The van der Waals surface area contributed by atoms with Crippen LogP contribution in [0.5, 0.6) is 0 Å². The normalized spacial score (nSPS) is 20.2. The van der Waals surface area contributed by atoms with Crippen molar-refractivity contribution in [2.45, 2.75) is 58.9 Å². The average molecular weight is 263 g/mol. The zero-order valence-electron chi connectivity index (χ0n) is 12.4. The maximum absolute atomic E-state index is 14.2. The van der Waals surface area contributed by atoms with Gasteiger partial charge in [-0.05, 0) is 37.8 Å². The molecule has 2 heteroatoms. The molecule has 0 aliphatic heterocycles. The smallest absolute Gasteiger partial charge is 0.128 e. The van der Waals surface area contributed by atoms with Crippen molar-refractivity contribution < 1.29 is 4.39 Å². The molecule has 1 atom stereocenters. The molecule has 1 aliphatic carbocycles. The van der Waals surface area contributed by atoms with Crippen LogP contribution in [0.25, 0.3) is 0 Å². The lowest BCUT2D eigenvalue weighted by molar-refractivity contribution is 0.143. The lowest BCUT2D eigenvalue weighted by atomic mass is 9.68. The quantitative estimate of drug-likeness (QED) is 0.826. The van der Waals surface area contributed by atoms with Gasteiger partial charge in [0.15, 0.2) is 0 Å². The Hall–Kier alpha value is -0.890. The predicted octanol–water partition coefficient (Wildman–Crippen LogP) is 4.76. The van der Waals surface area contributed by atoms with Crippen LogP contribution < -0.4 is 5.32 Å². The van der Waals surface area contributed by atoms with Crippen LogP contribution in [0.4, 0.5) is 4.39 Å². The first kappa shape index (κ1) is 14.5. The monoisotopic (exact) mass is 263 g/mol. The van der Waals surface area contributed by atoms with Crippen LogP contribution in [0, 0.1) is 18.2 Å². The minimum absolute atomic E-state index is 0.0663. The van der Waals surface area contributed by atoms with E-state index in [0.717, 1.165) is 17.7 Å². The van der Waals surface area contributed by atoms with Gasteiger partial charge in [0.2, 0.25) is 0 Å². The van der Waals surface area contributed by atoms with Gasteiger partial charge in [0.1, 0.15) is 5.82 Å². The van der Waals surface area contributed by atoms with Crippen LogP contribution in [0.15, 0.2) is 18.2 Å². The summed E-state index contributed by atoms with van der Waals surface area (Å²) in [7, 11) is 0. The Labute approximate surface area is 116 Å². The number of halogens is 1. The van der Waals surface area contributed by atoms with Crippen molar-refractivity contribution in [3.8, 4) is 0 Å². The molecule has 19 heavy (non-hydrogen) atoms. The standard InChI is InChI=1S/C17H26FN/c1-4-19-16(17(3)10-6-5-7-11-17)14-12-13(2)8-9-15(14)18/h8-9,12,16,19H,4-7,10-11H2,1-3H3. The summed E-state index contributed by atoms with van der Waals surface area (Å²) in [4.78, 5) is 0. The summed E-state index contributed by atoms with van der Waals surface area (Å²) in [5.41, 5.74) is 2.17. The second-order valence-corrected chi connectivity index (χ2v) is 6.23. The maximum Gasteiger partial charge on any atom is 0.128 e. The van der Waals surface area contributed by atoms with Gasteiger partial charge in [-0.15, -0.1) is 0 Å². The molecule has 1 N–H and O–H groups in total. The molecule has 0 aromatic heterocycles. The molecule has 1 aromatic carbocycles. The minimum Gasteiger partial charge on any atom is -0.310 e. The van der Waals surface area contributed by atoms with Crippen molar-refractivity contribution in [1.29, 1.82) is 0 Å². The fourth-order valence-electron chi connectivity index (χ4n) is 3.47. The van der Waals surface area contributed by atoms with E-state index in [2.05, 4.69) is 19.2 Å². The van der Waals surface area contributed by atoms with Crippen molar-refractivity contribution in [2.24, 2.45) is 5.41 Å². The van der Waals surface area contributed by atoms with E-state index in [4.69, 9.17) is 0 Å². The Morgan fingerprint density at radius 3 is 2.58 bits per heavy atom. The van der Waals surface area contributed by atoms with E-state index in [-0.39, 0.29) is 17.3 Å². The Kier molecular flexibility index (Phi) is 4.62. The Morgan fingerprint density at radius 2 is 1.95 bits per heavy atom. The molecular weight excluding hydrogens is 237 g/mol. The number of hydrogen-bond donors (Lipinski definition) is 1. The summed E-state index contributed by atoms with van der Waals surface area (Å²) in [6, 6.07) is 5.62. The molecule has 1 fully saturated rings. The van der Waals surface area contributed by atoms with E-state index < -0.39 is 0 Å². The molecule has 0 amide bonds. The summed E-state index contributed by atoms with van der Waals surface area (Å²) >= 11 is 0. The second kappa shape index (κ2) is 6.04. The molecular formula is C17H26FN. The largest absolute Gasteiger partial charge is 0.310 e. The summed E-state index contributed by atoms with van der Waals surface area (Å²) in [6.07, 6.45) is 6.25. The van der Waals surface area contributed by atoms with Crippen LogP contribution >= 0.6 is 0 Å². The molecule has 106 valence electrons. The van der Waals surface area contributed by atoms with E-state index in [9.17, 15) is 4.39 Å². The topological polar surface area (TPSA) is 12.0 Å². The first-order valence-corrected chi connectivity index (χ1v) is 7.56. The molecule has 1 nitrogen and oxygen atoms in total. The molecule has 1 aliphatic rings. The highest BCUT2D eigenvalue weighted by atomic mass is 19.1. The van der Waals surface area contributed by atoms with Crippen molar-refractivity contribution >= 4 is 0 Å². The molecule has 1 aromatic rings. The molecule has 0 saturated heterocycles. The highest BCUT2D eigenvalue weighted by Crippen LogP contribution is 2.46. The third-order valence-corrected chi connectivity index (χ3v) is 4.56. The van der Waals surface area contributed by atoms with E-state index in [1.807, 2.05) is 19.1 Å². The summed E-state index contributed by atoms with van der Waals surface area (Å²) in [5.74, 6) is -0.0663. The second-order valence-electron chi connectivity index (χ2n) is 6.23. The molecule has 1 saturated carbocycles. The fourth-order valence-corrected chi connectivity index (χ4v) is 3.47. The van der Waals surface area contributed by atoms with Gasteiger partial charge in [-0.25, -0.2) is 4.39 Å². The van der Waals surface area contributed by atoms with Crippen molar-refractivity contribution in [3.63, 3.8) is 0 Å². The van der Waals surface area contributed by atoms with E-state index >= 15 is 0 Å². The van der Waals surface area contributed by atoms with Crippen LogP contribution in [-0.4, -0.2) is 6.54 Å². The third-order valence-electron chi connectivity index (χ3n) is 4.56. The molecule has 2 rings (SSSR count). The highest BCUT2D eigenvalue weighted by molar-refractivity contribution is 5.28. The van der Waals surface area contributed by atoms with E-state index in [1.54, 1.807) is 6.07 Å². The minimum atomic E-state index is -0.0663. The zero-order chi connectivity index (χ0) is 13.9. The summed E-state index contributed by atoms with van der Waals surface area (Å²) in [6.45, 7) is 7.34. The zero-order valence-corrected chi connectivity index (χ0v) is 12.4. The first-order chi connectivity index (χ1) is 9.07. The lowest BCUT2D eigenvalue weighted by Crippen LogP contribution is -2.38. The predicted molar refractivity (Wildman–Crippen MR) is 78.7 cm³/mol. The number of hydrogen-bond acceptors (Lipinski definition) is 1. The van der Waals surface area contributed by atoms with Crippen molar-refractivity contribution in [3.05, 3.63) is 35.1 Å². The van der Waals surface area contributed by atoms with Gasteiger partial charge in [-0.3, -0.25) is 0 Å².